The lowest BCUT2D eigenvalue weighted by Gasteiger charge is -2.19. The lowest BCUT2D eigenvalue weighted by atomic mass is 9.89. The Balaban J connectivity index is 1.30. The van der Waals surface area contributed by atoms with E-state index in [0.717, 1.165) is 27.8 Å². The Morgan fingerprint density at radius 3 is 2.12 bits per heavy atom. The molecular formula is C45H46ClFN4O9. The van der Waals surface area contributed by atoms with E-state index in [-0.39, 0.29) is 45.9 Å². The number of ether oxygens (including phenoxy) is 3. The normalized spacial score (nSPS) is 12.0. The highest BCUT2D eigenvalue weighted by atomic mass is 35.5. The highest BCUT2D eigenvalue weighted by molar-refractivity contribution is 6.32. The Hall–Kier alpha value is -6.08. The van der Waals surface area contributed by atoms with Gasteiger partial charge in [-0.3, -0.25) is 14.6 Å². The van der Waals surface area contributed by atoms with Crippen LogP contribution >= 0.6 is 11.6 Å². The summed E-state index contributed by atoms with van der Waals surface area (Å²) in [7, 11) is 0. The van der Waals surface area contributed by atoms with Crippen molar-refractivity contribution in [2.75, 3.05) is 26.2 Å². The number of pyridine rings is 1. The van der Waals surface area contributed by atoms with Gasteiger partial charge in [0.25, 0.3) is 0 Å². The number of aliphatic carboxylic acids is 2. The third-order valence-electron chi connectivity index (χ3n) is 9.56. The number of carboxylic acids is 2. The molecule has 2 atom stereocenters. The minimum Gasteiger partial charge on any atom is -0.492 e. The van der Waals surface area contributed by atoms with Crippen LogP contribution in [-0.2, 0) is 29.3 Å². The van der Waals surface area contributed by atoms with Crippen LogP contribution in [0.25, 0.3) is 22.3 Å². The molecule has 5 aromatic rings. The molecule has 6 N–H and O–H groups in total. The van der Waals surface area contributed by atoms with Crippen molar-refractivity contribution in [3.8, 4) is 45.6 Å². The topological polar surface area (TPSA) is 203 Å². The van der Waals surface area contributed by atoms with E-state index < -0.39 is 36.4 Å². The van der Waals surface area contributed by atoms with Crippen LogP contribution in [0.2, 0.25) is 5.02 Å². The molecule has 0 aliphatic rings. The van der Waals surface area contributed by atoms with Gasteiger partial charge in [0.2, 0.25) is 0 Å². The van der Waals surface area contributed by atoms with Gasteiger partial charge in [-0.2, -0.15) is 5.26 Å². The molecule has 0 bridgehead atoms. The third-order valence-corrected chi connectivity index (χ3v) is 9.86. The maximum absolute atomic E-state index is 15.6. The number of carboxylic acid groups (broad SMARTS) is 2. The number of rotatable bonds is 22. The van der Waals surface area contributed by atoms with Crippen LogP contribution in [0.15, 0.2) is 85.2 Å². The summed E-state index contributed by atoms with van der Waals surface area (Å²) in [5.41, 5.74) is 7.35. The van der Waals surface area contributed by atoms with Crippen LogP contribution in [0.5, 0.6) is 17.2 Å². The minimum atomic E-state index is -1.11. The van der Waals surface area contributed by atoms with Crippen molar-refractivity contribution >= 4 is 23.5 Å². The van der Waals surface area contributed by atoms with Crippen molar-refractivity contribution in [1.29, 1.82) is 5.26 Å². The Morgan fingerprint density at radius 2 is 1.43 bits per heavy atom. The molecule has 0 aliphatic heterocycles. The number of nitrogens with one attached hydrogen (secondary N) is 2. The monoisotopic (exact) mass is 840 g/mol. The zero-order chi connectivity index (χ0) is 43.2. The van der Waals surface area contributed by atoms with Gasteiger partial charge in [-0.25, -0.2) is 4.39 Å². The Kier molecular flexibility index (Phi) is 16.3. The molecule has 13 nitrogen and oxygen atoms in total. The number of nitrogens with zero attached hydrogens (tertiary/aromatic N) is 2. The summed E-state index contributed by atoms with van der Waals surface area (Å²) in [5, 5.41) is 53.0. The fourth-order valence-electron chi connectivity index (χ4n) is 6.49. The lowest BCUT2D eigenvalue weighted by Crippen LogP contribution is -2.31. The summed E-state index contributed by atoms with van der Waals surface area (Å²) in [5.74, 6) is -1.55. The first-order chi connectivity index (χ1) is 28.8. The van der Waals surface area contributed by atoms with Gasteiger partial charge in [-0.1, -0.05) is 48.0 Å². The number of carbonyl (C=O) groups is 2. The van der Waals surface area contributed by atoms with Crippen molar-refractivity contribution < 1.29 is 48.6 Å². The maximum Gasteiger partial charge on any atom is 0.306 e. The van der Waals surface area contributed by atoms with Crippen LogP contribution in [0, 0.1) is 31.0 Å². The van der Waals surface area contributed by atoms with Crippen molar-refractivity contribution in [2.24, 2.45) is 0 Å². The largest absolute Gasteiger partial charge is 0.492 e. The minimum absolute atomic E-state index is 0.0243. The first-order valence-corrected chi connectivity index (χ1v) is 19.4. The summed E-state index contributed by atoms with van der Waals surface area (Å²) in [6.07, 6.45) is 0.170. The van der Waals surface area contributed by atoms with E-state index in [1.54, 1.807) is 36.5 Å². The molecule has 0 spiro atoms. The zero-order valence-electron chi connectivity index (χ0n) is 33.1. The van der Waals surface area contributed by atoms with E-state index >= 15 is 4.39 Å². The number of nitriles is 1. The van der Waals surface area contributed by atoms with Crippen molar-refractivity contribution in [3.05, 3.63) is 129 Å². The maximum atomic E-state index is 15.6. The van der Waals surface area contributed by atoms with Crippen molar-refractivity contribution in [1.82, 2.24) is 15.6 Å². The van der Waals surface area contributed by atoms with E-state index in [1.165, 1.54) is 12.3 Å². The highest BCUT2D eigenvalue weighted by Crippen LogP contribution is 2.38. The Bertz CT molecular complexity index is 2340. The molecule has 5 rings (SSSR count). The fourth-order valence-corrected chi connectivity index (χ4v) is 6.73. The second kappa shape index (κ2) is 21.8. The van der Waals surface area contributed by atoms with Gasteiger partial charge in [0, 0.05) is 67.4 Å². The van der Waals surface area contributed by atoms with Gasteiger partial charge in [0.05, 0.1) is 35.6 Å². The Morgan fingerprint density at radius 1 is 0.783 bits per heavy atom. The summed E-state index contributed by atoms with van der Waals surface area (Å²) in [6.45, 7) is 5.02. The second-order valence-corrected chi connectivity index (χ2v) is 14.5. The van der Waals surface area contributed by atoms with Gasteiger partial charge in [0.1, 0.15) is 49.0 Å². The van der Waals surface area contributed by atoms with E-state index in [2.05, 4.69) is 21.7 Å². The number of hydrogen-bond acceptors (Lipinski definition) is 11. The quantitative estimate of drug-likeness (QED) is 0.0408. The van der Waals surface area contributed by atoms with Gasteiger partial charge in [0.15, 0.2) is 0 Å². The SMILES string of the molecule is Cc1c(COc2cc(OCc3cncc(C#N)c3)c(CNC[C@@H](O)CC(=O)O)cc2Cl)cccc1-c1cccc(-c2ccc(OCCNC[C@@H](O)CC(=O)O)cc2F)c1C. The van der Waals surface area contributed by atoms with Gasteiger partial charge in [-0.15, -0.1) is 0 Å². The summed E-state index contributed by atoms with van der Waals surface area (Å²) < 4.78 is 33.7. The van der Waals surface area contributed by atoms with Crippen molar-refractivity contribution in [2.45, 2.75) is 58.7 Å². The molecule has 0 fully saturated rings. The van der Waals surface area contributed by atoms with E-state index in [9.17, 15) is 25.1 Å². The average molecular weight is 841 g/mol. The fraction of sp³-hybridized carbons (Fsp3) is 0.289. The van der Waals surface area contributed by atoms with Crippen LogP contribution in [-0.4, -0.2) is 75.8 Å². The van der Waals surface area contributed by atoms with Crippen LogP contribution in [0.1, 0.15) is 46.2 Å². The molecule has 4 aromatic carbocycles. The number of halogens is 2. The summed E-state index contributed by atoms with van der Waals surface area (Å²) >= 11 is 6.73. The molecule has 1 heterocycles. The van der Waals surface area contributed by atoms with Crippen LogP contribution in [0.3, 0.4) is 0 Å². The van der Waals surface area contributed by atoms with E-state index in [0.29, 0.717) is 56.6 Å². The van der Waals surface area contributed by atoms with E-state index in [1.807, 2.05) is 50.2 Å². The van der Waals surface area contributed by atoms with E-state index in [4.69, 9.17) is 36.0 Å². The molecule has 0 radical (unpaired) electrons. The molecule has 15 heteroatoms. The molecule has 1 aromatic heterocycles. The molecule has 0 amide bonds. The Labute approximate surface area is 352 Å². The predicted octanol–water partition coefficient (Wildman–Crippen LogP) is 6.58. The molecule has 314 valence electrons. The average Bonchev–Trinajstić information content (AvgIpc) is 3.20. The highest BCUT2D eigenvalue weighted by Gasteiger charge is 2.18. The predicted molar refractivity (Wildman–Crippen MR) is 222 cm³/mol. The number of aromatic nitrogens is 1. The zero-order valence-corrected chi connectivity index (χ0v) is 33.8. The molecule has 0 unspecified atom stereocenters. The molecule has 0 saturated carbocycles. The number of benzene rings is 4. The van der Waals surface area contributed by atoms with Gasteiger partial charge >= 0.3 is 11.9 Å². The molecule has 0 saturated heterocycles. The number of hydrogen-bond donors (Lipinski definition) is 6. The molecule has 0 aliphatic carbocycles. The lowest BCUT2D eigenvalue weighted by molar-refractivity contribution is -0.140. The summed E-state index contributed by atoms with van der Waals surface area (Å²) in [4.78, 5) is 25.8. The van der Waals surface area contributed by atoms with Gasteiger partial charge in [-0.05, 0) is 71.5 Å². The first-order valence-electron chi connectivity index (χ1n) is 19.1. The standard InChI is InChI=1S/C45H46ClFN4O9/c1-27-31(26-60-43-18-42(59-25-30-13-29(19-48)20-50-21-30)32(14-40(43)46)22-51-24-34(53)16-45(56)57)5-3-6-36(27)37-7-4-8-38(28(37)2)39-10-9-35(17-41(39)47)58-12-11-49-23-33(52)15-44(54)55/h3-10,13-14,17-18,20-21,33-34,49,51-53H,11-12,15-16,22-26H2,1-2H3,(H,54,55)(H,56,57)/t33-,34-/m0/s1. The number of aliphatic hydroxyl groups excluding tert-OH is 2. The smallest absolute Gasteiger partial charge is 0.306 e. The second-order valence-electron chi connectivity index (χ2n) is 14.1. The molecular weight excluding hydrogens is 795 g/mol. The summed E-state index contributed by atoms with van der Waals surface area (Å²) in [6, 6.07) is 23.4. The third kappa shape index (κ3) is 12.7. The van der Waals surface area contributed by atoms with Crippen LogP contribution < -0.4 is 24.8 Å². The van der Waals surface area contributed by atoms with Crippen molar-refractivity contribution in [3.63, 3.8) is 0 Å². The van der Waals surface area contributed by atoms with Crippen LogP contribution in [0.4, 0.5) is 4.39 Å². The first kappa shape index (κ1) is 45.0. The molecule has 60 heavy (non-hydrogen) atoms. The van der Waals surface area contributed by atoms with Gasteiger partial charge < -0.3 is 45.3 Å². The number of aliphatic hydroxyl groups is 2.